The maximum Gasteiger partial charge on any atom is 0.260 e. The molecule has 6 nitrogen and oxygen atoms in total. The lowest BCUT2D eigenvalue weighted by Crippen LogP contribution is -2.36. The number of nitrogens with one attached hydrogen (secondary N) is 3. The van der Waals surface area contributed by atoms with Crippen LogP contribution in [0.1, 0.15) is 35.8 Å². The molecule has 0 aromatic carbocycles. The van der Waals surface area contributed by atoms with Crippen LogP contribution in [-0.2, 0) is 19.6 Å². The summed E-state index contributed by atoms with van der Waals surface area (Å²) in [6.45, 7) is 15.3. The number of aromatic nitrogens is 6. The first-order valence-electron chi connectivity index (χ1n) is 8.50. The fourth-order valence-electron chi connectivity index (χ4n) is 2.11. The molecule has 3 N–H and O–H groups in total. The molecule has 0 aliphatic carbocycles. The Hall–Kier alpha value is -0.660. The van der Waals surface area contributed by atoms with E-state index in [1.54, 1.807) is 34.0 Å². The molecule has 0 bridgehead atoms. The summed E-state index contributed by atoms with van der Waals surface area (Å²) in [6.07, 6.45) is 0. The third-order valence-electron chi connectivity index (χ3n) is 3.49. The predicted octanol–water partition coefficient (Wildman–Crippen LogP) is 4.26. The SMILES string of the molecule is CC[n+]1[nH]c(=S)sc1C.CC[n+]1[nH]c(=S)sc1C.CC[n+]1[nH]c(=S)sc1C. The van der Waals surface area contributed by atoms with E-state index in [2.05, 4.69) is 56.8 Å². The highest BCUT2D eigenvalue weighted by Gasteiger charge is 2.05. The average molecular weight is 484 g/mol. The number of H-pyrrole nitrogens is 3. The van der Waals surface area contributed by atoms with Crippen LogP contribution in [0.15, 0.2) is 0 Å². The molecule has 0 spiro atoms. The van der Waals surface area contributed by atoms with Gasteiger partial charge in [0.1, 0.15) is 0 Å². The zero-order valence-corrected chi connectivity index (χ0v) is 21.3. The molecule has 27 heavy (non-hydrogen) atoms. The minimum absolute atomic E-state index is 0.856. The molecule has 0 radical (unpaired) electrons. The van der Waals surface area contributed by atoms with Gasteiger partial charge in [0.15, 0.2) is 19.6 Å². The van der Waals surface area contributed by atoms with E-state index in [-0.39, 0.29) is 0 Å². The molecule has 3 heterocycles. The Morgan fingerprint density at radius 3 is 0.889 bits per heavy atom. The van der Waals surface area contributed by atoms with Gasteiger partial charge in [-0.3, -0.25) is 0 Å². The largest absolute Gasteiger partial charge is 0.260 e. The monoisotopic (exact) mass is 483 g/mol. The van der Waals surface area contributed by atoms with Crippen LogP contribution in [0.4, 0.5) is 0 Å². The van der Waals surface area contributed by atoms with Crippen molar-refractivity contribution in [2.45, 2.75) is 61.2 Å². The number of aryl methyl sites for hydroxylation is 6. The predicted molar refractivity (Wildman–Crippen MR) is 120 cm³/mol. The van der Waals surface area contributed by atoms with Crippen molar-refractivity contribution in [1.82, 2.24) is 15.3 Å². The zero-order valence-electron chi connectivity index (χ0n) is 16.4. The number of hydrogen-bond donors (Lipinski definition) is 3. The first-order chi connectivity index (χ1) is 12.7. The molecule has 0 unspecified atom stereocenters. The zero-order chi connectivity index (χ0) is 20.6. The maximum absolute atomic E-state index is 4.93. The number of nitrogens with zero attached hydrogens (tertiary/aromatic N) is 3. The van der Waals surface area contributed by atoms with Crippen molar-refractivity contribution in [3.63, 3.8) is 0 Å². The Morgan fingerprint density at radius 1 is 0.593 bits per heavy atom. The molecule has 3 aromatic heterocycles. The van der Waals surface area contributed by atoms with Gasteiger partial charge in [0, 0.05) is 20.8 Å². The topological polar surface area (TPSA) is 59.0 Å². The lowest BCUT2D eigenvalue weighted by atomic mass is 10.7. The van der Waals surface area contributed by atoms with E-state index < -0.39 is 0 Å². The highest BCUT2D eigenvalue weighted by molar-refractivity contribution is 7.73. The first kappa shape index (κ1) is 24.4. The van der Waals surface area contributed by atoms with Gasteiger partial charge in [-0.25, -0.2) is 0 Å². The van der Waals surface area contributed by atoms with Crippen molar-refractivity contribution in [3.05, 3.63) is 26.9 Å². The number of hydrogen-bond acceptors (Lipinski definition) is 6. The lowest BCUT2D eigenvalue weighted by molar-refractivity contribution is -0.751. The first-order valence-corrected chi connectivity index (χ1v) is 12.2. The van der Waals surface area contributed by atoms with Crippen LogP contribution in [-0.4, -0.2) is 15.3 Å². The van der Waals surface area contributed by atoms with Gasteiger partial charge in [-0.2, -0.15) is 0 Å². The van der Waals surface area contributed by atoms with Crippen molar-refractivity contribution in [1.29, 1.82) is 0 Å². The van der Waals surface area contributed by atoms with Crippen molar-refractivity contribution >= 4 is 70.7 Å². The Labute approximate surface area is 187 Å². The van der Waals surface area contributed by atoms with Crippen molar-refractivity contribution in [3.8, 4) is 0 Å². The van der Waals surface area contributed by atoms with Gasteiger partial charge in [0.2, 0.25) is 11.9 Å². The van der Waals surface area contributed by atoms with Crippen molar-refractivity contribution in [2.75, 3.05) is 0 Å². The van der Waals surface area contributed by atoms with E-state index in [0.717, 1.165) is 31.5 Å². The van der Waals surface area contributed by atoms with Gasteiger partial charge >= 0.3 is 0 Å². The molecular weight excluding hydrogens is 457 g/mol. The van der Waals surface area contributed by atoms with Crippen molar-refractivity contribution in [2.24, 2.45) is 0 Å². The molecule has 150 valence electrons. The van der Waals surface area contributed by atoms with E-state index in [1.165, 1.54) is 15.0 Å². The smallest absolute Gasteiger partial charge is 0.144 e. The molecule has 12 heteroatoms. The fourth-order valence-corrected chi connectivity index (χ4v) is 5.65. The second-order valence-corrected chi connectivity index (χ2v) is 10.9. The Kier molecular flexibility index (Phi) is 10.9. The molecule has 3 rings (SSSR count). The van der Waals surface area contributed by atoms with Crippen LogP contribution in [0, 0.1) is 32.6 Å². The summed E-state index contributed by atoms with van der Waals surface area (Å²) in [5, 5.41) is 12.8. The van der Waals surface area contributed by atoms with Gasteiger partial charge in [0.25, 0.3) is 15.0 Å². The van der Waals surface area contributed by atoms with E-state index in [4.69, 9.17) is 36.7 Å². The Morgan fingerprint density at radius 2 is 0.815 bits per heavy atom. The molecule has 3 aromatic rings. The quantitative estimate of drug-likeness (QED) is 0.385. The molecule has 0 aliphatic rings. The molecule has 0 fully saturated rings. The number of rotatable bonds is 3. The Bertz CT molecular complexity index is 872. The summed E-state index contributed by atoms with van der Waals surface area (Å²) in [5.41, 5.74) is 0. The van der Waals surface area contributed by atoms with Gasteiger partial charge in [-0.15, -0.1) is 29.3 Å². The molecule has 0 atom stereocenters. The number of aromatic amines is 3. The van der Waals surface area contributed by atoms with Crippen LogP contribution in [0.3, 0.4) is 0 Å². The molecule has 0 saturated carbocycles. The summed E-state index contributed by atoms with van der Waals surface area (Å²) >= 11 is 19.6. The van der Waals surface area contributed by atoms with E-state index in [9.17, 15) is 0 Å². The molecular formula is C15H27N6S6+3. The van der Waals surface area contributed by atoms with Crippen LogP contribution in [0.25, 0.3) is 0 Å². The highest BCUT2D eigenvalue weighted by Crippen LogP contribution is 2.00. The van der Waals surface area contributed by atoms with Gasteiger partial charge in [-0.05, 0) is 91.4 Å². The van der Waals surface area contributed by atoms with E-state index >= 15 is 0 Å². The van der Waals surface area contributed by atoms with Crippen molar-refractivity contribution < 1.29 is 14.0 Å². The van der Waals surface area contributed by atoms with Gasteiger partial charge < -0.3 is 0 Å². The second kappa shape index (κ2) is 12.0. The minimum Gasteiger partial charge on any atom is -0.144 e. The summed E-state index contributed by atoms with van der Waals surface area (Å²) < 4.78 is 8.67. The van der Waals surface area contributed by atoms with Gasteiger partial charge in [-0.1, -0.05) is 0 Å². The van der Waals surface area contributed by atoms with Crippen LogP contribution in [0.2, 0.25) is 0 Å². The normalized spacial score (nSPS) is 10.0. The third kappa shape index (κ3) is 8.08. The summed E-state index contributed by atoms with van der Waals surface area (Å²) in [5.74, 6) is 0. The average Bonchev–Trinajstić information content (AvgIpc) is 3.24. The lowest BCUT2D eigenvalue weighted by Gasteiger charge is -1.81. The van der Waals surface area contributed by atoms with Crippen LogP contribution in [0.5, 0.6) is 0 Å². The second-order valence-electron chi connectivity index (χ2n) is 5.29. The standard InChI is InChI=1S/3C5H8N2S2/c3*1-3-7-4(2)9-5(8)6-7/h3*3H2,1-2H3/p+3. The molecule has 0 aliphatic heterocycles. The molecule has 0 saturated heterocycles. The maximum atomic E-state index is 4.93. The highest BCUT2D eigenvalue weighted by atomic mass is 32.2. The van der Waals surface area contributed by atoms with E-state index in [0.29, 0.717) is 0 Å². The van der Waals surface area contributed by atoms with E-state index in [1.807, 2.05) is 14.0 Å². The Balaban J connectivity index is 0.000000202. The van der Waals surface area contributed by atoms with Gasteiger partial charge in [0.05, 0.1) is 0 Å². The van der Waals surface area contributed by atoms with Crippen LogP contribution >= 0.6 is 70.7 Å². The fraction of sp³-hybridized carbons (Fsp3) is 0.600. The summed E-state index contributed by atoms with van der Waals surface area (Å²) in [7, 11) is 0. The van der Waals surface area contributed by atoms with Crippen LogP contribution < -0.4 is 14.0 Å². The minimum atomic E-state index is 0.856. The summed E-state index contributed by atoms with van der Waals surface area (Å²) in [4.78, 5) is 0. The summed E-state index contributed by atoms with van der Waals surface area (Å²) in [6, 6.07) is 0. The third-order valence-corrected chi connectivity index (χ3v) is 6.89. The molecule has 0 amide bonds.